The summed E-state index contributed by atoms with van der Waals surface area (Å²) in [6.07, 6.45) is -0.188. The Kier molecular flexibility index (Phi) is 5.32. The minimum Gasteiger partial charge on any atom is -0.389 e. The highest BCUT2D eigenvalue weighted by Crippen LogP contribution is 2.38. The summed E-state index contributed by atoms with van der Waals surface area (Å²) in [4.78, 5) is 16.4. The second-order valence-electron chi connectivity index (χ2n) is 6.83. The number of benzene rings is 2. The number of amides is 1. The Balaban J connectivity index is 1.86. The standard InChI is InChI=1S/C20H22ClFN2O2/c1-23(2)20(14-6-4-3-5-7-14)10-11-24(13-18(20)25)19(26)16-9-8-15(22)12-17(16)21/h3-9,12,18,25H,10-11,13H2,1-2H3/t18-,20+/m1/s1. The zero-order valence-electron chi connectivity index (χ0n) is 14.8. The number of piperidine rings is 1. The number of halogens is 2. The summed E-state index contributed by atoms with van der Waals surface area (Å²) in [5, 5.41) is 11.1. The lowest BCUT2D eigenvalue weighted by Gasteiger charge is -2.49. The Morgan fingerprint density at radius 3 is 2.54 bits per heavy atom. The van der Waals surface area contributed by atoms with Gasteiger partial charge in [0.2, 0.25) is 0 Å². The van der Waals surface area contributed by atoms with Crippen molar-refractivity contribution in [2.45, 2.75) is 18.1 Å². The number of likely N-dealkylation sites (tertiary alicyclic amines) is 1. The largest absolute Gasteiger partial charge is 0.389 e. The molecule has 0 bridgehead atoms. The highest BCUT2D eigenvalue weighted by molar-refractivity contribution is 6.33. The van der Waals surface area contributed by atoms with E-state index in [1.54, 1.807) is 4.90 Å². The first-order valence-corrected chi connectivity index (χ1v) is 8.89. The second kappa shape index (κ2) is 7.35. The lowest BCUT2D eigenvalue weighted by Crippen LogP contribution is -2.60. The Morgan fingerprint density at radius 1 is 1.27 bits per heavy atom. The van der Waals surface area contributed by atoms with Crippen LogP contribution in [0.4, 0.5) is 4.39 Å². The van der Waals surface area contributed by atoms with Crippen LogP contribution in [0.15, 0.2) is 48.5 Å². The van der Waals surface area contributed by atoms with Crippen molar-refractivity contribution in [2.24, 2.45) is 0 Å². The SMILES string of the molecule is CN(C)[C@]1(c2ccccc2)CCN(C(=O)c2ccc(F)cc2Cl)C[C@H]1O. The summed E-state index contributed by atoms with van der Waals surface area (Å²) in [5.41, 5.74) is 0.701. The number of hydrogen-bond donors (Lipinski definition) is 1. The minimum atomic E-state index is -0.767. The van der Waals surface area contributed by atoms with Gasteiger partial charge in [0.05, 0.1) is 22.2 Å². The van der Waals surface area contributed by atoms with E-state index in [9.17, 15) is 14.3 Å². The molecule has 0 radical (unpaired) electrons. The van der Waals surface area contributed by atoms with Gasteiger partial charge in [0, 0.05) is 13.1 Å². The van der Waals surface area contributed by atoms with E-state index in [-0.39, 0.29) is 23.0 Å². The van der Waals surface area contributed by atoms with Crippen LogP contribution in [0.5, 0.6) is 0 Å². The lowest BCUT2D eigenvalue weighted by atomic mass is 9.77. The van der Waals surface area contributed by atoms with Crippen molar-refractivity contribution in [1.82, 2.24) is 9.80 Å². The van der Waals surface area contributed by atoms with Crippen molar-refractivity contribution in [3.63, 3.8) is 0 Å². The number of aliphatic hydroxyl groups is 1. The predicted molar refractivity (Wildman–Crippen MR) is 99.7 cm³/mol. The average molecular weight is 377 g/mol. The molecule has 2 aromatic carbocycles. The van der Waals surface area contributed by atoms with E-state index in [2.05, 4.69) is 0 Å². The molecule has 6 heteroatoms. The molecule has 1 fully saturated rings. The molecule has 1 saturated heterocycles. The van der Waals surface area contributed by atoms with Gasteiger partial charge in [-0.25, -0.2) is 4.39 Å². The molecule has 0 unspecified atom stereocenters. The van der Waals surface area contributed by atoms with Gasteiger partial charge in [0.25, 0.3) is 5.91 Å². The first kappa shape index (κ1) is 18.8. The molecular weight excluding hydrogens is 355 g/mol. The van der Waals surface area contributed by atoms with Crippen LogP contribution in [0, 0.1) is 5.82 Å². The fourth-order valence-electron chi connectivity index (χ4n) is 3.78. The number of carbonyl (C=O) groups is 1. The van der Waals surface area contributed by atoms with Crippen LogP contribution in [-0.4, -0.2) is 54.1 Å². The Hall–Kier alpha value is -1.95. The van der Waals surface area contributed by atoms with Crippen LogP contribution in [0.2, 0.25) is 5.02 Å². The number of β-amino-alcohol motifs (C(OH)–C–C–N with tert-alkyl or cyclic N) is 1. The zero-order chi connectivity index (χ0) is 18.9. The molecule has 138 valence electrons. The maximum absolute atomic E-state index is 13.2. The summed E-state index contributed by atoms with van der Waals surface area (Å²) in [5.74, 6) is -0.782. The van der Waals surface area contributed by atoms with E-state index in [1.165, 1.54) is 12.1 Å². The van der Waals surface area contributed by atoms with Crippen molar-refractivity contribution < 1.29 is 14.3 Å². The highest BCUT2D eigenvalue weighted by atomic mass is 35.5. The van der Waals surface area contributed by atoms with Crippen LogP contribution in [0.1, 0.15) is 22.3 Å². The highest BCUT2D eigenvalue weighted by Gasteiger charge is 2.46. The van der Waals surface area contributed by atoms with Crippen molar-refractivity contribution in [2.75, 3.05) is 27.2 Å². The molecule has 0 aliphatic carbocycles. The molecule has 0 spiro atoms. The number of nitrogens with zero attached hydrogens (tertiary/aromatic N) is 2. The van der Waals surface area contributed by atoms with E-state index in [0.717, 1.165) is 11.6 Å². The maximum Gasteiger partial charge on any atom is 0.255 e. The predicted octanol–water partition coefficient (Wildman–Crippen LogP) is 3.14. The van der Waals surface area contributed by atoms with Gasteiger partial charge >= 0.3 is 0 Å². The maximum atomic E-state index is 13.2. The Bertz CT molecular complexity index is 800. The number of rotatable bonds is 3. The molecule has 1 heterocycles. The van der Waals surface area contributed by atoms with Gasteiger partial charge in [-0.15, -0.1) is 0 Å². The van der Waals surface area contributed by atoms with E-state index < -0.39 is 17.5 Å². The normalized spacial score (nSPS) is 23.3. The number of carbonyl (C=O) groups excluding carboxylic acids is 1. The van der Waals surface area contributed by atoms with Crippen molar-refractivity contribution in [1.29, 1.82) is 0 Å². The first-order chi connectivity index (χ1) is 12.4. The third kappa shape index (κ3) is 3.22. The molecule has 1 N–H and O–H groups in total. The minimum absolute atomic E-state index is 0.0806. The van der Waals surface area contributed by atoms with Crippen molar-refractivity contribution >= 4 is 17.5 Å². The Morgan fingerprint density at radius 2 is 1.96 bits per heavy atom. The van der Waals surface area contributed by atoms with Crippen LogP contribution in [-0.2, 0) is 5.54 Å². The summed E-state index contributed by atoms with van der Waals surface area (Å²) < 4.78 is 13.2. The summed E-state index contributed by atoms with van der Waals surface area (Å²) in [7, 11) is 3.87. The molecule has 1 aliphatic rings. The van der Waals surface area contributed by atoms with Gasteiger partial charge in [-0.2, -0.15) is 0 Å². The van der Waals surface area contributed by atoms with E-state index in [0.29, 0.717) is 13.0 Å². The molecule has 0 aromatic heterocycles. The van der Waals surface area contributed by atoms with Crippen LogP contribution < -0.4 is 0 Å². The average Bonchev–Trinajstić information content (AvgIpc) is 2.61. The first-order valence-electron chi connectivity index (χ1n) is 8.51. The summed E-state index contributed by atoms with van der Waals surface area (Å²) in [6, 6.07) is 13.6. The Labute approximate surface area is 157 Å². The van der Waals surface area contributed by atoms with E-state index >= 15 is 0 Å². The molecule has 0 saturated carbocycles. The third-order valence-electron chi connectivity index (χ3n) is 5.23. The molecular formula is C20H22ClFN2O2. The molecule has 26 heavy (non-hydrogen) atoms. The van der Waals surface area contributed by atoms with Gasteiger partial charge in [0.15, 0.2) is 0 Å². The lowest BCUT2D eigenvalue weighted by molar-refractivity contribution is -0.0612. The number of hydrogen-bond acceptors (Lipinski definition) is 3. The second-order valence-corrected chi connectivity index (χ2v) is 7.23. The van der Waals surface area contributed by atoms with Gasteiger partial charge in [0.1, 0.15) is 5.82 Å². The van der Waals surface area contributed by atoms with Gasteiger partial charge in [-0.05, 0) is 44.3 Å². The smallest absolute Gasteiger partial charge is 0.255 e. The zero-order valence-corrected chi connectivity index (χ0v) is 15.6. The van der Waals surface area contributed by atoms with Gasteiger partial charge in [-0.3, -0.25) is 9.69 Å². The monoisotopic (exact) mass is 376 g/mol. The summed E-state index contributed by atoms with van der Waals surface area (Å²) >= 11 is 6.02. The van der Waals surface area contributed by atoms with E-state index in [4.69, 9.17) is 11.6 Å². The molecule has 2 atom stereocenters. The molecule has 3 rings (SSSR count). The van der Waals surface area contributed by atoms with E-state index in [1.807, 2.05) is 49.3 Å². The van der Waals surface area contributed by atoms with Gasteiger partial charge < -0.3 is 10.0 Å². The van der Waals surface area contributed by atoms with Crippen LogP contribution in [0.3, 0.4) is 0 Å². The molecule has 4 nitrogen and oxygen atoms in total. The fraction of sp³-hybridized carbons (Fsp3) is 0.350. The molecule has 1 amide bonds. The third-order valence-corrected chi connectivity index (χ3v) is 5.54. The van der Waals surface area contributed by atoms with Gasteiger partial charge in [-0.1, -0.05) is 41.9 Å². The summed E-state index contributed by atoms with van der Waals surface area (Å²) in [6.45, 7) is 0.649. The topological polar surface area (TPSA) is 43.8 Å². The molecule has 2 aromatic rings. The fourth-order valence-corrected chi connectivity index (χ4v) is 4.03. The quantitative estimate of drug-likeness (QED) is 0.895. The molecule has 1 aliphatic heterocycles. The van der Waals surface area contributed by atoms with Crippen LogP contribution in [0.25, 0.3) is 0 Å². The van der Waals surface area contributed by atoms with Crippen molar-refractivity contribution in [3.8, 4) is 0 Å². The van der Waals surface area contributed by atoms with Crippen LogP contribution >= 0.6 is 11.6 Å². The van der Waals surface area contributed by atoms with Crippen molar-refractivity contribution in [3.05, 3.63) is 70.5 Å². The number of likely N-dealkylation sites (N-methyl/N-ethyl adjacent to an activating group) is 1. The number of aliphatic hydroxyl groups excluding tert-OH is 1.